The first kappa shape index (κ1) is 26.5. The van der Waals surface area contributed by atoms with Crippen LogP contribution in [0.15, 0.2) is 30.3 Å². The molecule has 0 spiro atoms. The van der Waals surface area contributed by atoms with Crippen molar-refractivity contribution in [2.75, 3.05) is 48.9 Å². The Balaban J connectivity index is 1.57. The summed E-state index contributed by atoms with van der Waals surface area (Å²) in [6.07, 6.45) is -2.29. The molecule has 0 amide bonds. The molecule has 0 aliphatic carbocycles. The minimum atomic E-state index is -0.859. The molecule has 11 nitrogen and oxygen atoms in total. The lowest BCUT2D eigenvalue weighted by atomic mass is 9.89. The summed E-state index contributed by atoms with van der Waals surface area (Å²) in [5, 5.41) is 1.36. The molecular weight excluding hydrogens is 524 g/mol. The van der Waals surface area contributed by atoms with Crippen molar-refractivity contribution in [3.63, 3.8) is 0 Å². The van der Waals surface area contributed by atoms with Crippen LogP contribution in [0.5, 0.6) is 28.7 Å². The zero-order valence-corrected chi connectivity index (χ0v) is 22.8. The highest BCUT2D eigenvalue weighted by Gasteiger charge is 2.48. The quantitative estimate of drug-likeness (QED) is 0.361. The van der Waals surface area contributed by atoms with E-state index in [1.54, 1.807) is 35.5 Å². The van der Waals surface area contributed by atoms with Crippen LogP contribution in [0, 0.1) is 0 Å². The largest absolute Gasteiger partial charge is 0.493 e. The van der Waals surface area contributed by atoms with E-state index in [0.29, 0.717) is 56.2 Å². The number of esters is 1. The molecule has 3 heterocycles. The van der Waals surface area contributed by atoms with E-state index in [1.165, 1.54) is 0 Å². The van der Waals surface area contributed by atoms with E-state index in [9.17, 15) is 4.79 Å². The molecule has 0 bridgehead atoms. The number of hydrogen-bond acceptors (Lipinski definition) is 11. The average Bonchev–Trinajstić information content (AvgIpc) is 3.69. The third-order valence-corrected chi connectivity index (χ3v) is 7.45. The smallest absolute Gasteiger partial charge is 0.339 e. The summed E-state index contributed by atoms with van der Waals surface area (Å²) in [5.41, 5.74) is 2.37. The molecule has 3 aromatic carbocycles. The minimum absolute atomic E-state index is 0.0188. The molecule has 0 N–H and O–H groups in total. The van der Waals surface area contributed by atoms with Crippen molar-refractivity contribution in [2.24, 2.45) is 0 Å². The van der Waals surface area contributed by atoms with Crippen LogP contribution in [-0.4, -0.2) is 79.5 Å². The van der Waals surface area contributed by atoms with Gasteiger partial charge in [0.25, 0.3) is 0 Å². The third kappa shape index (κ3) is 4.17. The summed E-state index contributed by atoms with van der Waals surface area (Å²) in [4.78, 5) is 13.3. The van der Waals surface area contributed by atoms with Gasteiger partial charge in [0, 0.05) is 37.8 Å². The normalized spacial score (nSPS) is 22.9. The van der Waals surface area contributed by atoms with E-state index in [2.05, 4.69) is 0 Å². The fraction of sp³-hybridized carbons (Fsp3) is 0.414. The molecule has 40 heavy (non-hydrogen) atoms. The number of benzene rings is 3. The van der Waals surface area contributed by atoms with Crippen LogP contribution in [-0.2, 0) is 30.3 Å². The Morgan fingerprint density at radius 3 is 2.25 bits per heavy atom. The zero-order chi connectivity index (χ0) is 28.0. The Labute approximate surface area is 230 Å². The Morgan fingerprint density at radius 1 is 0.825 bits per heavy atom. The van der Waals surface area contributed by atoms with Crippen LogP contribution in [0.1, 0.15) is 15.9 Å². The minimum Gasteiger partial charge on any atom is -0.493 e. The molecule has 0 radical (unpaired) electrons. The molecule has 1 saturated heterocycles. The first-order valence-corrected chi connectivity index (χ1v) is 12.7. The number of cyclic esters (lactones) is 1. The number of carbonyl (C=O) groups is 1. The lowest BCUT2D eigenvalue weighted by Gasteiger charge is -2.24. The molecule has 0 aromatic heterocycles. The van der Waals surface area contributed by atoms with E-state index in [0.717, 1.165) is 5.56 Å². The predicted octanol–water partition coefficient (Wildman–Crippen LogP) is 3.70. The highest BCUT2D eigenvalue weighted by atomic mass is 16.7. The number of ether oxygens (including phenoxy) is 10. The molecule has 0 unspecified atom stereocenters. The maximum Gasteiger partial charge on any atom is 0.339 e. The first-order valence-electron chi connectivity index (χ1n) is 12.7. The second-order valence-corrected chi connectivity index (χ2v) is 9.47. The van der Waals surface area contributed by atoms with Gasteiger partial charge in [0.05, 0.1) is 26.4 Å². The lowest BCUT2D eigenvalue weighted by Crippen LogP contribution is -2.39. The van der Waals surface area contributed by atoms with Crippen molar-refractivity contribution in [1.82, 2.24) is 0 Å². The van der Waals surface area contributed by atoms with Gasteiger partial charge in [-0.05, 0) is 35.2 Å². The summed E-state index contributed by atoms with van der Waals surface area (Å²) < 4.78 is 57.5. The maximum atomic E-state index is 13.3. The van der Waals surface area contributed by atoms with Gasteiger partial charge >= 0.3 is 5.97 Å². The third-order valence-electron chi connectivity index (χ3n) is 7.45. The molecule has 6 rings (SSSR count). The van der Waals surface area contributed by atoms with Gasteiger partial charge in [-0.3, -0.25) is 0 Å². The fourth-order valence-electron chi connectivity index (χ4n) is 5.63. The van der Waals surface area contributed by atoms with E-state index < -0.39 is 30.6 Å². The molecule has 0 saturated carbocycles. The average molecular weight is 555 g/mol. The van der Waals surface area contributed by atoms with Crippen molar-refractivity contribution < 1.29 is 52.2 Å². The topological polar surface area (TPSA) is 109 Å². The molecule has 4 atom stereocenters. The van der Waals surface area contributed by atoms with Crippen LogP contribution in [0.3, 0.4) is 0 Å². The highest BCUT2D eigenvalue weighted by molar-refractivity contribution is 6.14. The Hall–Kier alpha value is -3.77. The van der Waals surface area contributed by atoms with Crippen molar-refractivity contribution in [1.29, 1.82) is 0 Å². The van der Waals surface area contributed by atoms with Crippen molar-refractivity contribution in [3.05, 3.63) is 41.5 Å². The Kier molecular flexibility index (Phi) is 7.05. The second kappa shape index (κ2) is 10.7. The molecule has 11 heteroatoms. The van der Waals surface area contributed by atoms with Gasteiger partial charge in [-0.25, -0.2) is 4.79 Å². The van der Waals surface area contributed by atoms with Crippen molar-refractivity contribution in [2.45, 2.75) is 31.2 Å². The van der Waals surface area contributed by atoms with Crippen LogP contribution in [0.25, 0.3) is 21.9 Å². The fourth-order valence-corrected chi connectivity index (χ4v) is 5.63. The summed E-state index contributed by atoms with van der Waals surface area (Å²) >= 11 is 0. The molecule has 3 aromatic rings. The van der Waals surface area contributed by atoms with Crippen LogP contribution in [0.2, 0.25) is 0 Å². The number of fused-ring (bicyclic) bond motifs is 3. The SMILES string of the molecule is COC[C@@H]1O[C@H](Oc2c3c(c(-c4ccc5c(c4)OCO5)c4cc(OC)c(OC)cc24)C(=O)OC3)[C@@H](OC)[C@H]1OC. The molecule has 3 aliphatic heterocycles. The molecule has 212 valence electrons. The van der Waals surface area contributed by atoms with Crippen LogP contribution < -0.4 is 23.7 Å². The molecular formula is C29H30O11. The highest BCUT2D eigenvalue weighted by Crippen LogP contribution is 2.50. The van der Waals surface area contributed by atoms with Crippen LogP contribution >= 0.6 is 0 Å². The standard InChI is InChI=1S/C29H30O11/c1-31-12-22-26(34-4)27(35-5)29(39-22)40-25-16-10-20(33-3)19(32-2)9-15(16)23(24-17(25)11-36-28(24)30)14-6-7-18-21(8-14)38-13-37-18/h6-10,22,26-27,29H,11-13H2,1-5H3/t22-,26-,27-,29+/m0/s1. The van der Waals surface area contributed by atoms with Gasteiger partial charge in [0.1, 0.15) is 30.7 Å². The van der Waals surface area contributed by atoms with Crippen molar-refractivity contribution in [3.8, 4) is 39.9 Å². The number of hydrogen-bond donors (Lipinski definition) is 0. The van der Waals surface area contributed by atoms with Crippen LogP contribution in [0.4, 0.5) is 0 Å². The molecule has 3 aliphatic rings. The Bertz CT molecular complexity index is 1450. The summed E-state index contributed by atoms with van der Waals surface area (Å²) in [6.45, 7) is 0.434. The predicted molar refractivity (Wildman–Crippen MR) is 140 cm³/mol. The second-order valence-electron chi connectivity index (χ2n) is 9.47. The summed E-state index contributed by atoms with van der Waals surface area (Å²) in [6, 6.07) is 9.19. The van der Waals surface area contributed by atoms with E-state index >= 15 is 0 Å². The van der Waals surface area contributed by atoms with Crippen molar-refractivity contribution >= 4 is 16.7 Å². The van der Waals surface area contributed by atoms with Gasteiger partial charge in [0.15, 0.2) is 23.0 Å². The lowest BCUT2D eigenvalue weighted by molar-refractivity contribution is -0.125. The van der Waals surface area contributed by atoms with E-state index in [4.69, 9.17) is 47.4 Å². The van der Waals surface area contributed by atoms with Gasteiger partial charge in [-0.15, -0.1) is 0 Å². The Morgan fingerprint density at radius 2 is 1.55 bits per heavy atom. The van der Waals surface area contributed by atoms with E-state index in [1.807, 2.05) is 30.3 Å². The zero-order valence-electron chi connectivity index (χ0n) is 22.8. The van der Waals surface area contributed by atoms with Gasteiger partial charge in [-0.1, -0.05) is 6.07 Å². The number of carbonyl (C=O) groups excluding carboxylic acids is 1. The maximum absolute atomic E-state index is 13.3. The van der Waals surface area contributed by atoms with Gasteiger partial charge in [-0.2, -0.15) is 0 Å². The number of rotatable bonds is 9. The molecule has 1 fully saturated rings. The van der Waals surface area contributed by atoms with Gasteiger partial charge < -0.3 is 47.4 Å². The number of methoxy groups -OCH3 is 5. The summed E-state index contributed by atoms with van der Waals surface area (Å²) in [5.74, 6) is 2.15. The summed E-state index contributed by atoms with van der Waals surface area (Å²) in [7, 11) is 7.85. The first-order chi connectivity index (χ1) is 19.5. The monoisotopic (exact) mass is 554 g/mol. The van der Waals surface area contributed by atoms with Gasteiger partial charge in [0.2, 0.25) is 13.1 Å². The van der Waals surface area contributed by atoms with E-state index in [-0.39, 0.29) is 20.0 Å².